The molecule has 1 aliphatic rings. The molecular weight excluding hydrogens is 126 g/mol. The molecule has 0 radical (unpaired) electrons. The van der Waals surface area contributed by atoms with E-state index in [2.05, 4.69) is 0 Å². The summed E-state index contributed by atoms with van der Waals surface area (Å²) in [6.45, 7) is 0.213. The minimum atomic E-state index is 0.213. The van der Waals surface area contributed by atoms with Crippen LogP contribution in [0.25, 0.3) is 0 Å². The highest BCUT2D eigenvalue weighted by molar-refractivity contribution is 4.71. The summed E-state index contributed by atoms with van der Waals surface area (Å²) in [7, 11) is 2.00. The second-order valence-electron chi connectivity index (χ2n) is 3.19. The maximum Gasteiger partial charge on any atom is 0.0956 e. The van der Waals surface area contributed by atoms with E-state index in [0.717, 1.165) is 0 Å². The number of aliphatic hydroxyl groups excluding tert-OH is 1. The van der Waals surface area contributed by atoms with Crippen molar-refractivity contribution in [2.24, 2.45) is 0 Å². The second kappa shape index (κ2) is 3.94. The van der Waals surface area contributed by atoms with Crippen LogP contribution >= 0.6 is 0 Å². The first kappa shape index (κ1) is 8.02. The van der Waals surface area contributed by atoms with Gasteiger partial charge in [-0.25, -0.2) is 0 Å². The third-order valence-corrected chi connectivity index (χ3v) is 2.42. The molecule has 0 aromatic heterocycles. The highest BCUT2D eigenvalue weighted by atomic mass is 16.3. The Morgan fingerprint density at radius 1 is 1.30 bits per heavy atom. The van der Waals surface area contributed by atoms with Crippen molar-refractivity contribution in [3.05, 3.63) is 0 Å². The highest BCUT2D eigenvalue weighted by Crippen LogP contribution is 2.20. The Balaban J connectivity index is 2.24. The Morgan fingerprint density at radius 2 is 1.90 bits per heavy atom. The first-order chi connectivity index (χ1) is 4.84. The molecule has 10 heavy (non-hydrogen) atoms. The van der Waals surface area contributed by atoms with E-state index >= 15 is 0 Å². The lowest BCUT2D eigenvalue weighted by atomic mass is 9.95. The van der Waals surface area contributed by atoms with E-state index in [1.54, 1.807) is 0 Å². The van der Waals surface area contributed by atoms with Crippen molar-refractivity contribution < 1.29 is 5.11 Å². The van der Waals surface area contributed by atoms with E-state index in [1.807, 2.05) is 11.9 Å². The van der Waals surface area contributed by atoms with Gasteiger partial charge in [-0.3, -0.25) is 4.90 Å². The zero-order chi connectivity index (χ0) is 7.40. The lowest BCUT2D eigenvalue weighted by molar-refractivity contribution is 0.0759. The van der Waals surface area contributed by atoms with E-state index in [9.17, 15) is 0 Å². The standard InChI is InChI=1S/C8H17NO/c1-9(7-10)8-5-3-2-4-6-8/h8,10H,2-7H2,1H3. The first-order valence-corrected chi connectivity index (χ1v) is 4.15. The van der Waals surface area contributed by atoms with Gasteiger partial charge < -0.3 is 5.11 Å². The molecule has 60 valence electrons. The van der Waals surface area contributed by atoms with Crippen molar-refractivity contribution >= 4 is 0 Å². The molecule has 2 nitrogen and oxygen atoms in total. The Bertz CT molecular complexity index is 89.3. The quantitative estimate of drug-likeness (QED) is 0.587. The molecule has 1 rings (SSSR count). The number of rotatable bonds is 2. The van der Waals surface area contributed by atoms with Crippen molar-refractivity contribution in [2.45, 2.75) is 38.1 Å². The molecule has 1 N–H and O–H groups in total. The van der Waals surface area contributed by atoms with E-state index < -0.39 is 0 Å². The van der Waals surface area contributed by atoms with Crippen LogP contribution in [0.15, 0.2) is 0 Å². The van der Waals surface area contributed by atoms with Crippen LogP contribution in [0.4, 0.5) is 0 Å². The number of aliphatic hydroxyl groups is 1. The fourth-order valence-electron chi connectivity index (χ4n) is 1.64. The van der Waals surface area contributed by atoms with Crippen LogP contribution in [0.3, 0.4) is 0 Å². The molecule has 0 spiro atoms. The maximum atomic E-state index is 8.81. The molecular formula is C8H17NO. The Morgan fingerprint density at radius 3 is 2.40 bits per heavy atom. The van der Waals surface area contributed by atoms with E-state index in [-0.39, 0.29) is 6.73 Å². The van der Waals surface area contributed by atoms with Crippen molar-refractivity contribution in [2.75, 3.05) is 13.8 Å². The van der Waals surface area contributed by atoms with Gasteiger partial charge in [0.05, 0.1) is 6.73 Å². The van der Waals surface area contributed by atoms with E-state index in [1.165, 1.54) is 32.1 Å². The predicted molar refractivity (Wildman–Crippen MR) is 41.7 cm³/mol. The Labute approximate surface area is 62.8 Å². The molecule has 0 aromatic carbocycles. The molecule has 0 saturated heterocycles. The normalized spacial score (nSPS) is 21.9. The van der Waals surface area contributed by atoms with Gasteiger partial charge in [-0.15, -0.1) is 0 Å². The smallest absolute Gasteiger partial charge is 0.0956 e. The van der Waals surface area contributed by atoms with E-state index in [4.69, 9.17) is 5.11 Å². The van der Waals surface area contributed by atoms with Crippen LogP contribution in [0.2, 0.25) is 0 Å². The third kappa shape index (κ3) is 1.96. The molecule has 2 heteroatoms. The van der Waals surface area contributed by atoms with Gasteiger partial charge in [-0.2, -0.15) is 0 Å². The number of nitrogens with zero attached hydrogens (tertiary/aromatic N) is 1. The van der Waals surface area contributed by atoms with Gasteiger partial charge in [0.1, 0.15) is 0 Å². The summed E-state index contributed by atoms with van der Waals surface area (Å²) < 4.78 is 0. The van der Waals surface area contributed by atoms with Crippen LogP contribution in [-0.4, -0.2) is 29.8 Å². The summed E-state index contributed by atoms with van der Waals surface area (Å²) in [4.78, 5) is 2.04. The van der Waals surface area contributed by atoms with Gasteiger partial charge >= 0.3 is 0 Å². The monoisotopic (exact) mass is 143 g/mol. The fourth-order valence-corrected chi connectivity index (χ4v) is 1.64. The van der Waals surface area contributed by atoms with Crippen LogP contribution in [-0.2, 0) is 0 Å². The van der Waals surface area contributed by atoms with Crippen LogP contribution in [0, 0.1) is 0 Å². The SMILES string of the molecule is CN(CO)C1CCCCC1. The topological polar surface area (TPSA) is 23.5 Å². The Hall–Kier alpha value is -0.0800. The molecule has 0 unspecified atom stereocenters. The van der Waals surface area contributed by atoms with Gasteiger partial charge in [-0.05, 0) is 19.9 Å². The summed E-state index contributed by atoms with van der Waals surface area (Å²) >= 11 is 0. The minimum absolute atomic E-state index is 0.213. The molecule has 0 atom stereocenters. The highest BCUT2D eigenvalue weighted by Gasteiger charge is 2.16. The van der Waals surface area contributed by atoms with Crippen LogP contribution in [0.5, 0.6) is 0 Å². The van der Waals surface area contributed by atoms with Crippen molar-refractivity contribution in [1.82, 2.24) is 4.90 Å². The van der Waals surface area contributed by atoms with Crippen molar-refractivity contribution in [3.63, 3.8) is 0 Å². The van der Waals surface area contributed by atoms with Crippen LogP contribution in [0.1, 0.15) is 32.1 Å². The molecule has 0 aromatic rings. The Kier molecular flexibility index (Phi) is 3.16. The summed E-state index contributed by atoms with van der Waals surface area (Å²) in [5.74, 6) is 0. The first-order valence-electron chi connectivity index (χ1n) is 4.15. The summed E-state index contributed by atoms with van der Waals surface area (Å²) in [6.07, 6.45) is 6.62. The minimum Gasteiger partial charge on any atom is -0.381 e. The lowest BCUT2D eigenvalue weighted by Crippen LogP contribution is -2.33. The summed E-state index contributed by atoms with van der Waals surface area (Å²) in [6, 6.07) is 0.652. The van der Waals surface area contributed by atoms with Crippen LogP contribution < -0.4 is 0 Å². The predicted octanol–water partition coefficient (Wildman–Crippen LogP) is 1.20. The molecule has 1 saturated carbocycles. The second-order valence-corrected chi connectivity index (χ2v) is 3.19. The molecule has 0 bridgehead atoms. The molecule has 0 amide bonds. The summed E-state index contributed by atoms with van der Waals surface area (Å²) in [5, 5.41) is 8.81. The molecule has 0 heterocycles. The maximum absolute atomic E-state index is 8.81. The van der Waals surface area contributed by atoms with Crippen molar-refractivity contribution in [3.8, 4) is 0 Å². The van der Waals surface area contributed by atoms with Gasteiger partial charge in [-0.1, -0.05) is 19.3 Å². The van der Waals surface area contributed by atoms with Crippen molar-refractivity contribution in [1.29, 1.82) is 0 Å². The molecule has 1 fully saturated rings. The number of hydrogen-bond acceptors (Lipinski definition) is 2. The van der Waals surface area contributed by atoms with Gasteiger partial charge in [0.2, 0.25) is 0 Å². The lowest BCUT2D eigenvalue weighted by Gasteiger charge is -2.29. The fraction of sp³-hybridized carbons (Fsp3) is 1.00. The zero-order valence-corrected chi connectivity index (χ0v) is 6.71. The van der Waals surface area contributed by atoms with Gasteiger partial charge in [0, 0.05) is 6.04 Å². The molecule has 1 aliphatic carbocycles. The zero-order valence-electron chi connectivity index (χ0n) is 6.71. The number of hydrogen-bond donors (Lipinski definition) is 1. The summed E-state index contributed by atoms with van der Waals surface area (Å²) in [5.41, 5.74) is 0. The average molecular weight is 143 g/mol. The van der Waals surface area contributed by atoms with Gasteiger partial charge in [0.15, 0.2) is 0 Å². The van der Waals surface area contributed by atoms with E-state index in [0.29, 0.717) is 6.04 Å². The largest absolute Gasteiger partial charge is 0.381 e. The van der Waals surface area contributed by atoms with Gasteiger partial charge in [0.25, 0.3) is 0 Å². The molecule has 0 aliphatic heterocycles. The third-order valence-electron chi connectivity index (χ3n) is 2.42. The average Bonchev–Trinajstić information content (AvgIpc) is 2.05.